The highest BCUT2D eigenvalue weighted by molar-refractivity contribution is 5.61. The van der Waals surface area contributed by atoms with Gasteiger partial charge < -0.3 is 15.4 Å². The Hall–Kier alpha value is -1.26. The Kier molecular flexibility index (Phi) is 4.43. The topological polar surface area (TPSA) is 41.7 Å². The summed E-state index contributed by atoms with van der Waals surface area (Å²) in [5, 5.41) is 0. The number of nitrogens with zero attached hydrogens (tertiary/aromatic N) is 2. The largest absolute Gasteiger partial charge is 0.399 e. The van der Waals surface area contributed by atoms with E-state index in [-0.39, 0.29) is 0 Å². The highest BCUT2D eigenvalue weighted by Crippen LogP contribution is 2.28. The van der Waals surface area contributed by atoms with Crippen LogP contribution in [-0.2, 0) is 11.2 Å². The van der Waals surface area contributed by atoms with Crippen molar-refractivity contribution in [1.82, 2.24) is 4.90 Å². The van der Waals surface area contributed by atoms with Crippen LogP contribution in [0.25, 0.3) is 0 Å². The third-order valence-electron chi connectivity index (χ3n) is 4.32. The number of benzene rings is 1. The maximum Gasteiger partial charge on any atom is 0.0594 e. The minimum Gasteiger partial charge on any atom is -0.399 e. The molecule has 0 spiro atoms. The summed E-state index contributed by atoms with van der Waals surface area (Å²) in [5.41, 5.74) is 9.59. The van der Waals surface area contributed by atoms with E-state index in [2.05, 4.69) is 21.9 Å². The number of hydrogen-bond donors (Lipinski definition) is 1. The average Bonchev–Trinajstić information content (AvgIpc) is 2.48. The Labute approximate surface area is 121 Å². The fraction of sp³-hybridized carbons (Fsp3) is 0.625. The molecule has 0 aliphatic carbocycles. The first-order chi connectivity index (χ1) is 9.83. The molecule has 4 nitrogen and oxygen atoms in total. The van der Waals surface area contributed by atoms with Crippen LogP contribution in [0.4, 0.5) is 11.4 Å². The molecular weight excluding hydrogens is 250 g/mol. The predicted molar refractivity (Wildman–Crippen MR) is 83.3 cm³/mol. The molecule has 2 heterocycles. The van der Waals surface area contributed by atoms with Crippen molar-refractivity contribution in [2.45, 2.75) is 19.3 Å². The van der Waals surface area contributed by atoms with Crippen molar-refractivity contribution in [3.8, 4) is 0 Å². The monoisotopic (exact) mass is 275 g/mol. The molecule has 2 N–H and O–H groups in total. The van der Waals surface area contributed by atoms with Crippen molar-refractivity contribution in [2.24, 2.45) is 0 Å². The Balaban J connectivity index is 1.53. The smallest absolute Gasteiger partial charge is 0.0594 e. The summed E-state index contributed by atoms with van der Waals surface area (Å²) in [6.45, 7) is 7.48. The molecule has 1 aromatic rings. The van der Waals surface area contributed by atoms with Crippen molar-refractivity contribution in [1.29, 1.82) is 0 Å². The zero-order valence-electron chi connectivity index (χ0n) is 12.2. The van der Waals surface area contributed by atoms with Gasteiger partial charge in [0, 0.05) is 44.1 Å². The second kappa shape index (κ2) is 6.46. The van der Waals surface area contributed by atoms with Gasteiger partial charge in [-0.1, -0.05) is 0 Å². The summed E-state index contributed by atoms with van der Waals surface area (Å²) < 4.78 is 5.39. The van der Waals surface area contributed by atoms with Gasteiger partial charge in [-0.05, 0) is 43.0 Å². The van der Waals surface area contributed by atoms with Crippen LogP contribution in [0.3, 0.4) is 0 Å². The summed E-state index contributed by atoms with van der Waals surface area (Å²) in [6.07, 6.45) is 3.64. The Bertz CT molecular complexity index is 443. The van der Waals surface area contributed by atoms with Crippen molar-refractivity contribution in [3.05, 3.63) is 23.8 Å². The van der Waals surface area contributed by atoms with Crippen LogP contribution >= 0.6 is 0 Å². The van der Waals surface area contributed by atoms with Gasteiger partial charge in [-0.3, -0.25) is 4.90 Å². The lowest BCUT2D eigenvalue weighted by atomic mass is 10.0. The van der Waals surface area contributed by atoms with Crippen LogP contribution in [0.1, 0.15) is 18.4 Å². The van der Waals surface area contributed by atoms with Gasteiger partial charge in [0.25, 0.3) is 0 Å². The van der Waals surface area contributed by atoms with Gasteiger partial charge in [0.05, 0.1) is 13.2 Å². The van der Waals surface area contributed by atoms with Crippen molar-refractivity contribution in [2.75, 3.05) is 56.6 Å². The van der Waals surface area contributed by atoms with Gasteiger partial charge in [-0.15, -0.1) is 0 Å². The van der Waals surface area contributed by atoms with Crippen LogP contribution < -0.4 is 10.6 Å². The Morgan fingerprint density at radius 3 is 2.80 bits per heavy atom. The van der Waals surface area contributed by atoms with E-state index >= 15 is 0 Å². The van der Waals surface area contributed by atoms with Crippen LogP contribution in [0, 0.1) is 0 Å². The number of hydrogen-bond acceptors (Lipinski definition) is 4. The van der Waals surface area contributed by atoms with Crippen LogP contribution in [0.15, 0.2) is 18.2 Å². The van der Waals surface area contributed by atoms with Crippen LogP contribution in [0.2, 0.25) is 0 Å². The van der Waals surface area contributed by atoms with E-state index in [1.807, 2.05) is 6.07 Å². The molecule has 0 aromatic heterocycles. The molecular formula is C16H25N3O. The third-order valence-corrected chi connectivity index (χ3v) is 4.32. The standard InChI is InChI=1S/C16H25N3O/c17-15-4-5-16-14(13-15)3-1-7-19(16)8-2-6-18-9-11-20-12-10-18/h4-5,13H,1-3,6-12,17H2. The summed E-state index contributed by atoms with van der Waals surface area (Å²) >= 11 is 0. The first-order valence-electron chi connectivity index (χ1n) is 7.76. The van der Waals surface area contributed by atoms with E-state index in [9.17, 15) is 0 Å². The summed E-state index contributed by atoms with van der Waals surface area (Å²) in [7, 11) is 0. The second-order valence-corrected chi connectivity index (χ2v) is 5.79. The molecule has 0 radical (unpaired) electrons. The van der Waals surface area contributed by atoms with E-state index in [4.69, 9.17) is 10.5 Å². The fourth-order valence-electron chi connectivity index (χ4n) is 3.24. The summed E-state index contributed by atoms with van der Waals surface area (Å²) in [4.78, 5) is 5.04. The van der Waals surface area contributed by atoms with Gasteiger partial charge in [-0.2, -0.15) is 0 Å². The number of aryl methyl sites for hydroxylation is 1. The molecule has 2 aliphatic rings. The average molecular weight is 275 g/mol. The molecule has 0 bridgehead atoms. The van der Waals surface area contributed by atoms with E-state index < -0.39 is 0 Å². The predicted octanol–water partition coefficient (Wildman–Crippen LogP) is 1.74. The molecule has 0 atom stereocenters. The molecule has 1 saturated heterocycles. The van der Waals surface area contributed by atoms with Crippen LogP contribution in [0.5, 0.6) is 0 Å². The van der Waals surface area contributed by atoms with E-state index in [1.54, 1.807) is 0 Å². The molecule has 110 valence electrons. The lowest BCUT2D eigenvalue weighted by Crippen LogP contribution is -2.38. The molecule has 0 saturated carbocycles. The minimum atomic E-state index is 0.888. The van der Waals surface area contributed by atoms with Gasteiger partial charge in [0.2, 0.25) is 0 Å². The fourth-order valence-corrected chi connectivity index (χ4v) is 3.24. The summed E-state index contributed by atoms with van der Waals surface area (Å²) in [6, 6.07) is 6.36. The molecule has 4 heteroatoms. The number of morpholine rings is 1. The molecule has 1 aromatic carbocycles. The number of nitrogens with two attached hydrogens (primary N) is 1. The van der Waals surface area contributed by atoms with Crippen LogP contribution in [-0.4, -0.2) is 50.8 Å². The lowest BCUT2D eigenvalue weighted by molar-refractivity contribution is 0.0376. The normalized spacial score (nSPS) is 19.9. The third kappa shape index (κ3) is 3.25. The highest BCUT2D eigenvalue weighted by Gasteiger charge is 2.17. The number of nitrogen functional groups attached to an aromatic ring is 1. The number of ether oxygens (including phenoxy) is 1. The molecule has 0 unspecified atom stereocenters. The number of fused-ring (bicyclic) bond motifs is 1. The quantitative estimate of drug-likeness (QED) is 0.850. The molecule has 3 rings (SSSR count). The van der Waals surface area contributed by atoms with Crippen molar-refractivity contribution >= 4 is 11.4 Å². The Morgan fingerprint density at radius 1 is 1.10 bits per heavy atom. The van der Waals surface area contributed by atoms with Gasteiger partial charge in [-0.25, -0.2) is 0 Å². The van der Waals surface area contributed by atoms with E-state index in [0.717, 1.165) is 38.5 Å². The number of rotatable bonds is 4. The van der Waals surface area contributed by atoms with Crippen molar-refractivity contribution < 1.29 is 4.74 Å². The zero-order valence-corrected chi connectivity index (χ0v) is 12.2. The SMILES string of the molecule is Nc1ccc2c(c1)CCCN2CCCN1CCOCC1. The highest BCUT2D eigenvalue weighted by atomic mass is 16.5. The first kappa shape index (κ1) is 13.7. The first-order valence-corrected chi connectivity index (χ1v) is 7.76. The molecule has 20 heavy (non-hydrogen) atoms. The van der Waals surface area contributed by atoms with Gasteiger partial charge in [0.1, 0.15) is 0 Å². The second-order valence-electron chi connectivity index (χ2n) is 5.79. The molecule has 0 amide bonds. The van der Waals surface area contributed by atoms with Crippen molar-refractivity contribution in [3.63, 3.8) is 0 Å². The molecule has 2 aliphatic heterocycles. The Morgan fingerprint density at radius 2 is 1.95 bits per heavy atom. The maximum absolute atomic E-state index is 5.89. The molecule has 1 fully saturated rings. The van der Waals surface area contributed by atoms with Gasteiger partial charge >= 0.3 is 0 Å². The number of anilines is 2. The zero-order chi connectivity index (χ0) is 13.8. The van der Waals surface area contributed by atoms with Gasteiger partial charge in [0.15, 0.2) is 0 Å². The van der Waals surface area contributed by atoms with E-state index in [0.29, 0.717) is 0 Å². The minimum absolute atomic E-state index is 0.888. The summed E-state index contributed by atoms with van der Waals surface area (Å²) in [5.74, 6) is 0. The van der Waals surface area contributed by atoms with E-state index in [1.165, 1.54) is 43.6 Å². The lowest BCUT2D eigenvalue weighted by Gasteiger charge is -2.33. The maximum atomic E-state index is 5.89.